The molecule has 5 rings (SSSR count). The first-order chi connectivity index (χ1) is 17.4. The second-order valence-corrected chi connectivity index (χ2v) is 9.07. The molecule has 1 unspecified atom stereocenters. The minimum atomic E-state index is -0.194. The normalized spacial score (nSPS) is 12.4. The number of hydrogen-bond acceptors (Lipinski definition) is 7. The van der Waals surface area contributed by atoms with Gasteiger partial charge in [-0.25, -0.2) is 19.6 Å². The molecule has 2 N–H and O–H groups in total. The number of nitrogens with zero attached hydrogens (tertiary/aromatic N) is 6. The van der Waals surface area contributed by atoms with E-state index in [1.807, 2.05) is 32.9 Å². The molecule has 36 heavy (non-hydrogen) atoms. The summed E-state index contributed by atoms with van der Waals surface area (Å²) in [7, 11) is 0. The highest BCUT2D eigenvalue weighted by Gasteiger charge is 2.21. The summed E-state index contributed by atoms with van der Waals surface area (Å²) >= 11 is 6.21. The Balaban J connectivity index is 1.71. The van der Waals surface area contributed by atoms with Crippen LogP contribution in [0.5, 0.6) is 0 Å². The average molecular weight is 504 g/mol. The van der Waals surface area contributed by atoms with Gasteiger partial charge in [0.1, 0.15) is 17.1 Å². The standard InChI is InChI=1S/C26H26ClN7O2/c1-4-33-25-20(13-30-34(25)7-8-35)23-18(9-15(2)10-19(23)26(33)36)16(3)31-21-5-6-22(27)32-24(21)17-11-28-14-29-12-17/h5-6,9-14,16,31,35H,4,7-8H2,1-3H3. The van der Waals surface area contributed by atoms with Crippen molar-refractivity contribution in [3.63, 3.8) is 0 Å². The highest BCUT2D eigenvalue weighted by Crippen LogP contribution is 2.35. The second kappa shape index (κ2) is 9.67. The number of hydrogen-bond donors (Lipinski definition) is 2. The van der Waals surface area contributed by atoms with Crippen LogP contribution in [-0.4, -0.2) is 41.0 Å². The van der Waals surface area contributed by atoms with Gasteiger partial charge in [0.25, 0.3) is 5.56 Å². The Morgan fingerprint density at radius 3 is 2.64 bits per heavy atom. The van der Waals surface area contributed by atoms with E-state index in [-0.39, 0.29) is 18.2 Å². The molecule has 4 heterocycles. The maximum absolute atomic E-state index is 13.6. The Kier molecular flexibility index (Phi) is 6.42. The monoisotopic (exact) mass is 503 g/mol. The number of aliphatic hydroxyl groups is 1. The maximum atomic E-state index is 13.6. The first-order valence-electron chi connectivity index (χ1n) is 11.7. The maximum Gasteiger partial charge on any atom is 0.260 e. The quantitative estimate of drug-likeness (QED) is 0.317. The predicted molar refractivity (Wildman–Crippen MR) is 141 cm³/mol. The van der Waals surface area contributed by atoms with E-state index in [0.717, 1.165) is 33.2 Å². The predicted octanol–water partition coefficient (Wildman–Crippen LogP) is 4.35. The summed E-state index contributed by atoms with van der Waals surface area (Å²) in [6.07, 6.45) is 6.63. The highest BCUT2D eigenvalue weighted by atomic mass is 35.5. The van der Waals surface area contributed by atoms with Crippen LogP contribution in [0.4, 0.5) is 5.69 Å². The van der Waals surface area contributed by atoms with Gasteiger partial charge in [0.2, 0.25) is 0 Å². The molecular formula is C26H26ClN7O2. The molecule has 184 valence electrons. The molecule has 0 bridgehead atoms. The molecule has 0 saturated carbocycles. The fourth-order valence-corrected chi connectivity index (χ4v) is 4.91. The minimum Gasteiger partial charge on any atom is -0.394 e. The van der Waals surface area contributed by atoms with Gasteiger partial charge >= 0.3 is 0 Å². The largest absolute Gasteiger partial charge is 0.394 e. The number of nitrogens with one attached hydrogen (secondary N) is 1. The van der Waals surface area contributed by atoms with Crippen LogP contribution in [0, 0.1) is 6.92 Å². The van der Waals surface area contributed by atoms with E-state index in [4.69, 9.17) is 11.6 Å². The van der Waals surface area contributed by atoms with E-state index in [1.54, 1.807) is 33.9 Å². The zero-order valence-electron chi connectivity index (χ0n) is 20.2. The number of aliphatic hydroxyl groups excluding tert-OH is 1. The van der Waals surface area contributed by atoms with Crippen molar-refractivity contribution in [2.24, 2.45) is 0 Å². The van der Waals surface area contributed by atoms with Gasteiger partial charge in [0.05, 0.1) is 30.7 Å². The number of anilines is 1. The van der Waals surface area contributed by atoms with Crippen LogP contribution in [0.15, 0.2) is 54.0 Å². The molecule has 9 nitrogen and oxygen atoms in total. The first-order valence-corrected chi connectivity index (χ1v) is 12.1. The average Bonchev–Trinajstić information content (AvgIpc) is 3.29. The van der Waals surface area contributed by atoms with Crippen molar-refractivity contribution in [2.45, 2.75) is 39.9 Å². The van der Waals surface area contributed by atoms with Crippen LogP contribution in [0.25, 0.3) is 33.1 Å². The molecule has 1 aromatic carbocycles. The Morgan fingerprint density at radius 1 is 1.14 bits per heavy atom. The molecule has 0 radical (unpaired) electrons. The molecule has 10 heteroatoms. The number of aryl methyl sites for hydroxylation is 2. The van der Waals surface area contributed by atoms with Crippen LogP contribution in [0.3, 0.4) is 0 Å². The molecule has 0 amide bonds. The van der Waals surface area contributed by atoms with Crippen molar-refractivity contribution >= 4 is 39.1 Å². The molecule has 0 saturated heterocycles. The van der Waals surface area contributed by atoms with Crippen LogP contribution in [0.1, 0.15) is 31.0 Å². The van der Waals surface area contributed by atoms with Gasteiger partial charge in [0, 0.05) is 46.7 Å². The van der Waals surface area contributed by atoms with Crippen LogP contribution in [0.2, 0.25) is 5.15 Å². The summed E-state index contributed by atoms with van der Waals surface area (Å²) < 4.78 is 3.41. The topological polar surface area (TPSA) is 111 Å². The molecule has 0 aliphatic carbocycles. The number of pyridine rings is 2. The fourth-order valence-electron chi connectivity index (χ4n) is 4.76. The third-order valence-corrected chi connectivity index (χ3v) is 6.50. The van der Waals surface area contributed by atoms with Gasteiger partial charge in [-0.3, -0.25) is 9.36 Å². The number of halogens is 1. The zero-order valence-corrected chi connectivity index (χ0v) is 21.0. The summed E-state index contributed by atoms with van der Waals surface area (Å²) in [5, 5.41) is 20.3. The molecule has 4 aromatic heterocycles. The molecule has 0 aliphatic rings. The second-order valence-electron chi connectivity index (χ2n) is 8.68. The lowest BCUT2D eigenvalue weighted by Gasteiger charge is -2.21. The number of benzene rings is 1. The van der Waals surface area contributed by atoms with Gasteiger partial charge in [-0.2, -0.15) is 5.10 Å². The Bertz CT molecular complexity index is 1630. The molecule has 0 aliphatic heterocycles. The summed E-state index contributed by atoms with van der Waals surface area (Å²) in [5.74, 6) is 0. The van der Waals surface area contributed by atoms with Crippen molar-refractivity contribution in [2.75, 3.05) is 11.9 Å². The van der Waals surface area contributed by atoms with Crippen molar-refractivity contribution in [3.05, 3.63) is 75.8 Å². The SMILES string of the molecule is CCn1c(=O)c2cc(C)cc(C(C)Nc3ccc(Cl)nc3-c3cncnc3)c2c2cnn(CCO)c21. The van der Waals surface area contributed by atoms with Crippen LogP contribution >= 0.6 is 11.6 Å². The number of rotatable bonds is 7. The van der Waals surface area contributed by atoms with Crippen LogP contribution in [-0.2, 0) is 13.1 Å². The summed E-state index contributed by atoms with van der Waals surface area (Å²) in [6, 6.07) is 7.44. The van der Waals surface area contributed by atoms with E-state index >= 15 is 0 Å². The van der Waals surface area contributed by atoms with Crippen molar-refractivity contribution in [1.82, 2.24) is 29.3 Å². The Morgan fingerprint density at radius 2 is 1.92 bits per heavy atom. The molecular weight excluding hydrogens is 478 g/mol. The first kappa shape index (κ1) is 23.9. The van der Waals surface area contributed by atoms with Gasteiger partial charge in [-0.05, 0) is 50.1 Å². The molecule has 0 spiro atoms. The van der Waals surface area contributed by atoms with E-state index in [9.17, 15) is 9.90 Å². The van der Waals surface area contributed by atoms with Gasteiger partial charge in [-0.1, -0.05) is 17.7 Å². The van der Waals surface area contributed by atoms with E-state index < -0.39 is 0 Å². The minimum absolute atomic E-state index is 0.0685. The van der Waals surface area contributed by atoms with E-state index in [2.05, 4.69) is 31.4 Å². The fraction of sp³-hybridized carbons (Fsp3) is 0.269. The molecule has 5 aromatic rings. The molecule has 0 fully saturated rings. The third kappa shape index (κ3) is 4.10. The van der Waals surface area contributed by atoms with Crippen LogP contribution < -0.4 is 10.9 Å². The highest BCUT2D eigenvalue weighted by molar-refractivity contribution is 6.29. The van der Waals surface area contributed by atoms with Gasteiger partial charge in [-0.15, -0.1) is 0 Å². The smallest absolute Gasteiger partial charge is 0.260 e. The Hall–Kier alpha value is -3.82. The van der Waals surface area contributed by atoms with E-state index in [0.29, 0.717) is 35.0 Å². The van der Waals surface area contributed by atoms with Crippen molar-refractivity contribution in [1.29, 1.82) is 0 Å². The lowest BCUT2D eigenvalue weighted by Crippen LogP contribution is -2.23. The Labute approximate surface area is 212 Å². The van der Waals surface area contributed by atoms with Gasteiger partial charge in [0.15, 0.2) is 0 Å². The molecule has 1 atom stereocenters. The lowest BCUT2D eigenvalue weighted by atomic mass is 9.95. The van der Waals surface area contributed by atoms with Crippen molar-refractivity contribution < 1.29 is 5.11 Å². The van der Waals surface area contributed by atoms with Crippen molar-refractivity contribution in [3.8, 4) is 11.3 Å². The third-order valence-electron chi connectivity index (χ3n) is 6.29. The summed E-state index contributed by atoms with van der Waals surface area (Å²) in [6.45, 7) is 6.71. The number of fused-ring (bicyclic) bond motifs is 3. The lowest BCUT2D eigenvalue weighted by molar-refractivity contribution is 0.271. The summed E-state index contributed by atoms with van der Waals surface area (Å²) in [5.41, 5.74) is 4.72. The number of aromatic nitrogens is 6. The summed E-state index contributed by atoms with van der Waals surface area (Å²) in [4.78, 5) is 26.3. The van der Waals surface area contributed by atoms with Gasteiger partial charge < -0.3 is 10.4 Å². The van der Waals surface area contributed by atoms with E-state index in [1.165, 1.54) is 6.33 Å². The zero-order chi connectivity index (χ0) is 25.4.